The van der Waals surface area contributed by atoms with E-state index < -0.39 is 11.7 Å². The number of likely N-dealkylation sites (tertiary alicyclic amines) is 1. The maximum atomic E-state index is 12.6. The molecule has 0 radical (unpaired) electrons. The van der Waals surface area contributed by atoms with Gasteiger partial charge < -0.3 is 15.7 Å². The van der Waals surface area contributed by atoms with Crippen LogP contribution in [0.1, 0.15) is 30.9 Å². The van der Waals surface area contributed by atoms with Crippen molar-refractivity contribution in [3.05, 3.63) is 35.4 Å². The maximum absolute atomic E-state index is 12.6. The highest BCUT2D eigenvalue weighted by molar-refractivity contribution is 5.74. The van der Waals surface area contributed by atoms with Crippen LogP contribution in [0, 0.1) is 0 Å². The molecule has 1 aromatic carbocycles. The first-order valence-electron chi connectivity index (χ1n) is 8.38. The number of aliphatic hydroxyl groups is 1. The van der Waals surface area contributed by atoms with Gasteiger partial charge in [0.05, 0.1) is 18.2 Å². The highest BCUT2D eigenvalue weighted by atomic mass is 19.4. The smallest absolute Gasteiger partial charge is 0.394 e. The molecule has 3 N–H and O–H groups in total. The maximum Gasteiger partial charge on any atom is 0.416 e. The van der Waals surface area contributed by atoms with Gasteiger partial charge in [0.25, 0.3) is 0 Å². The number of aliphatic hydroxyl groups excluding tert-OH is 1. The lowest BCUT2D eigenvalue weighted by molar-refractivity contribution is -0.137. The second-order valence-corrected chi connectivity index (χ2v) is 6.32. The monoisotopic (exact) mass is 359 g/mol. The van der Waals surface area contributed by atoms with Crippen LogP contribution >= 0.6 is 0 Å². The van der Waals surface area contributed by atoms with Crippen LogP contribution < -0.4 is 10.6 Å². The molecule has 2 atom stereocenters. The molecule has 1 unspecified atom stereocenters. The standard InChI is InChI=1S/C17H24F3N3O2/c1-2-14(11-24)21-16(25)22-15-7-8-23(10-15)9-12-3-5-13(6-4-12)17(18,19)20/h3-6,14-15,24H,2,7-11H2,1H3,(H2,21,22,25)/t14-,15?/m0/s1. The Bertz CT molecular complexity index is 559. The van der Waals surface area contributed by atoms with Crippen molar-refractivity contribution in [1.29, 1.82) is 0 Å². The third kappa shape index (κ3) is 5.89. The summed E-state index contributed by atoms with van der Waals surface area (Å²) >= 11 is 0. The van der Waals surface area contributed by atoms with Crippen LogP contribution in [0.4, 0.5) is 18.0 Å². The molecule has 1 aliphatic heterocycles. The minimum absolute atomic E-state index is 0.00866. The fourth-order valence-corrected chi connectivity index (χ4v) is 2.84. The summed E-state index contributed by atoms with van der Waals surface area (Å²) in [5, 5.41) is 14.7. The number of hydrogen-bond donors (Lipinski definition) is 3. The van der Waals surface area contributed by atoms with Gasteiger partial charge in [0, 0.05) is 25.7 Å². The Morgan fingerprint density at radius 1 is 1.36 bits per heavy atom. The highest BCUT2D eigenvalue weighted by Gasteiger charge is 2.30. The Morgan fingerprint density at radius 2 is 2.04 bits per heavy atom. The third-order valence-electron chi connectivity index (χ3n) is 4.34. The van der Waals surface area contributed by atoms with Crippen molar-refractivity contribution < 1.29 is 23.1 Å². The van der Waals surface area contributed by atoms with Gasteiger partial charge in [-0.05, 0) is 30.5 Å². The number of carbonyl (C=O) groups excluding carboxylic acids is 1. The fourth-order valence-electron chi connectivity index (χ4n) is 2.84. The molecule has 0 aliphatic carbocycles. The Balaban J connectivity index is 1.80. The average molecular weight is 359 g/mol. The van der Waals surface area contributed by atoms with Crippen molar-refractivity contribution in [2.45, 2.75) is 44.6 Å². The number of carbonyl (C=O) groups is 1. The van der Waals surface area contributed by atoms with Gasteiger partial charge in [-0.1, -0.05) is 19.1 Å². The first-order chi connectivity index (χ1) is 11.8. The lowest BCUT2D eigenvalue weighted by Crippen LogP contribution is -2.47. The number of amides is 2. The number of halogens is 3. The molecule has 2 amide bonds. The van der Waals surface area contributed by atoms with Gasteiger partial charge in [0.15, 0.2) is 0 Å². The quantitative estimate of drug-likeness (QED) is 0.731. The van der Waals surface area contributed by atoms with Gasteiger partial charge >= 0.3 is 12.2 Å². The zero-order valence-corrected chi connectivity index (χ0v) is 14.1. The molecule has 1 saturated heterocycles. The predicted molar refractivity (Wildman–Crippen MR) is 88.0 cm³/mol. The summed E-state index contributed by atoms with van der Waals surface area (Å²) in [6.45, 7) is 3.73. The van der Waals surface area contributed by atoms with Gasteiger partial charge in [-0.15, -0.1) is 0 Å². The van der Waals surface area contributed by atoms with Crippen LogP contribution in [0.25, 0.3) is 0 Å². The topological polar surface area (TPSA) is 64.6 Å². The number of nitrogens with zero attached hydrogens (tertiary/aromatic N) is 1. The second-order valence-electron chi connectivity index (χ2n) is 6.32. The van der Waals surface area contributed by atoms with E-state index in [1.54, 1.807) is 0 Å². The van der Waals surface area contributed by atoms with E-state index in [1.807, 2.05) is 6.92 Å². The van der Waals surface area contributed by atoms with Crippen LogP contribution in [-0.4, -0.2) is 47.8 Å². The first-order valence-corrected chi connectivity index (χ1v) is 8.38. The second kappa shape index (κ2) is 8.53. The van der Waals surface area contributed by atoms with Crippen LogP contribution in [-0.2, 0) is 12.7 Å². The predicted octanol–water partition coefficient (Wildman–Crippen LogP) is 2.35. The summed E-state index contributed by atoms with van der Waals surface area (Å²) in [7, 11) is 0. The first kappa shape index (κ1) is 19.5. The van der Waals surface area contributed by atoms with E-state index in [9.17, 15) is 18.0 Å². The van der Waals surface area contributed by atoms with E-state index in [-0.39, 0.29) is 24.7 Å². The van der Waals surface area contributed by atoms with Crippen LogP contribution in [0.5, 0.6) is 0 Å². The van der Waals surface area contributed by atoms with Crippen molar-refractivity contribution in [2.75, 3.05) is 19.7 Å². The molecule has 1 aliphatic rings. The Labute approximate surface area is 145 Å². The molecular formula is C17H24F3N3O2. The molecular weight excluding hydrogens is 335 g/mol. The van der Waals surface area contributed by atoms with E-state index in [4.69, 9.17) is 5.11 Å². The van der Waals surface area contributed by atoms with Crippen molar-refractivity contribution in [3.63, 3.8) is 0 Å². The van der Waals surface area contributed by atoms with Gasteiger partial charge in [-0.3, -0.25) is 4.90 Å². The SMILES string of the molecule is CC[C@@H](CO)NC(=O)NC1CCN(Cc2ccc(C(F)(F)F)cc2)C1. The number of alkyl halides is 3. The van der Waals surface area contributed by atoms with Crippen LogP contribution in [0.15, 0.2) is 24.3 Å². The lowest BCUT2D eigenvalue weighted by atomic mass is 10.1. The van der Waals surface area contributed by atoms with Crippen molar-refractivity contribution >= 4 is 6.03 Å². The molecule has 0 bridgehead atoms. The highest BCUT2D eigenvalue weighted by Crippen LogP contribution is 2.29. The number of rotatable bonds is 6. The average Bonchev–Trinajstić information content (AvgIpc) is 2.99. The molecule has 25 heavy (non-hydrogen) atoms. The number of benzene rings is 1. The van der Waals surface area contributed by atoms with Gasteiger partial charge in [-0.25, -0.2) is 4.79 Å². The largest absolute Gasteiger partial charge is 0.416 e. The lowest BCUT2D eigenvalue weighted by Gasteiger charge is -2.19. The zero-order chi connectivity index (χ0) is 18.4. The van der Waals surface area contributed by atoms with E-state index in [1.165, 1.54) is 12.1 Å². The number of urea groups is 1. The van der Waals surface area contributed by atoms with Gasteiger partial charge in [-0.2, -0.15) is 13.2 Å². The third-order valence-corrected chi connectivity index (χ3v) is 4.34. The van der Waals surface area contributed by atoms with E-state index in [2.05, 4.69) is 15.5 Å². The van der Waals surface area contributed by atoms with Crippen LogP contribution in [0.2, 0.25) is 0 Å². The molecule has 2 rings (SSSR count). The molecule has 0 saturated carbocycles. The summed E-state index contributed by atoms with van der Waals surface area (Å²) in [6.07, 6.45) is -2.89. The molecule has 140 valence electrons. The van der Waals surface area contributed by atoms with Gasteiger partial charge in [0.2, 0.25) is 0 Å². The van der Waals surface area contributed by atoms with Crippen molar-refractivity contribution in [3.8, 4) is 0 Å². The van der Waals surface area contributed by atoms with Gasteiger partial charge in [0.1, 0.15) is 0 Å². The van der Waals surface area contributed by atoms with E-state index in [0.29, 0.717) is 19.5 Å². The van der Waals surface area contributed by atoms with E-state index >= 15 is 0 Å². The summed E-state index contributed by atoms with van der Waals surface area (Å²) in [5.41, 5.74) is 0.160. The Kier molecular flexibility index (Phi) is 6.66. The molecule has 1 aromatic rings. The summed E-state index contributed by atoms with van der Waals surface area (Å²) in [5.74, 6) is 0. The number of hydrogen-bond acceptors (Lipinski definition) is 3. The van der Waals surface area contributed by atoms with E-state index in [0.717, 1.165) is 30.7 Å². The summed E-state index contributed by atoms with van der Waals surface area (Å²) < 4.78 is 37.7. The molecule has 5 nitrogen and oxygen atoms in total. The summed E-state index contributed by atoms with van der Waals surface area (Å²) in [6, 6.07) is 4.59. The minimum atomic E-state index is -4.32. The molecule has 1 heterocycles. The van der Waals surface area contributed by atoms with Crippen LogP contribution in [0.3, 0.4) is 0 Å². The van der Waals surface area contributed by atoms with Crippen molar-refractivity contribution in [2.24, 2.45) is 0 Å². The van der Waals surface area contributed by atoms with Crippen molar-refractivity contribution in [1.82, 2.24) is 15.5 Å². The minimum Gasteiger partial charge on any atom is -0.394 e. The number of nitrogens with one attached hydrogen (secondary N) is 2. The molecule has 1 fully saturated rings. The molecule has 8 heteroatoms. The zero-order valence-electron chi connectivity index (χ0n) is 14.1. The molecule has 0 aromatic heterocycles. The Morgan fingerprint density at radius 3 is 2.60 bits per heavy atom. The normalized spacial score (nSPS) is 19.6. The molecule has 0 spiro atoms. The fraction of sp³-hybridized carbons (Fsp3) is 0.588. The summed E-state index contributed by atoms with van der Waals surface area (Å²) in [4.78, 5) is 14.0. The Hall–Kier alpha value is -1.80.